The minimum absolute atomic E-state index is 0.205. The molecule has 18 heavy (non-hydrogen) atoms. The number of benzene rings is 1. The molecule has 0 saturated heterocycles. The van der Waals surface area contributed by atoms with Gasteiger partial charge in [-0.2, -0.15) is 0 Å². The van der Waals surface area contributed by atoms with E-state index in [4.69, 9.17) is 5.21 Å². The van der Waals surface area contributed by atoms with E-state index in [2.05, 4.69) is 51.0 Å². The quantitative estimate of drug-likeness (QED) is 0.448. The van der Waals surface area contributed by atoms with Gasteiger partial charge < -0.3 is 5.21 Å². The molecule has 1 aliphatic rings. The summed E-state index contributed by atoms with van der Waals surface area (Å²) in [6.45, 7) is 11.1. The van der Waals surface area contributed by atoms with Crippen molar-refractivity contribution in [3.05, 3.63) is 34.9 Å². The fourth-order valence-corrected chi connectivity index (χ4v) is 2.87. The monoisotopic (exact) mass is 245 g/mol. The van der Waals surface area contributed by atoms with E-state index >= 15 is 0 Å². The zero-order valence-electron chi connectivity index (χ0n) is 12.0. The van der Waals surface area contributed by atoms with Gasteiger partial charge >= 0.3 is 0 Å². The second-order valence-corrected chi connectivity index (χ2v) is 6.71. The van der Waals surface area contributed by atoms with E-state index in [0.717, 1.165) is 5.56 Å². The molecule has 0 fully saturated rings. The summed E-state index contributed by atoms with van der Waals surface area (Å²) in [5, 5.41) is 12.2. The molecule has 2 nitrogen and oxygen atoms in total. The third kappa shape index (κ3) is 2.05. The molecular weight excluding hydrogens is 222 g/mol. The molecule has 0 aliphatic heterocycles. The fourth-order valence-electron chi connectivity index (χ4n) is 2.87. The minimum atomic E-state index is 0.205. The molecule has 2 rings (SSSR count). The van der Waals surface area contributed by atoms with E-state index < -0.39 is 0 Å². The highest BCUT2D eigenvalue weighted by atomic mass is 16.4. The Hall–Kier alpha value is -1.31. The molecule has 0 heterocycles. The van der Waals surface area contributed by atoms with Crippen LogP contribution in [-0.2, 0) is 10.8 Å². The van der Waals surface area contributed by atoms with Crippen molar-refractivity contribution in [2.24, 2.45) is 5.16 Å². The maximum absolute atomic E-state index is 8.91. The van der Waals surface area contributed by atoms with Gasteiger partial charge in [0.1, 0.15) is 0 Å². The smallest absolute Gasteiger partial charge is 0.0837 e. The van der Waals surface area contributed by atoms with E-state index in [1.165, 1.54) is 24.0 Å². The van der Waals surface area contributed by atoms with Crippen molar-refractivity contribution in [3.63, 3.8) is 0 Å². The van der Waals surface area contributed by atoms with E-state index in [9.17, 15) is 0 Å². The fraction of sp³-hybridized carbons (Fsp3) is 0.562. The van der Waals surface area contributed by atoms with E-state index in [-0.39, 0.29) is 10.8 Å². The molecule has 1 aliphatic carbocycles. The Balaban J connectivity index is 2.62. The van der Waals surface area contributed by atoms with Gasteiger partial charge in [0.25, 0.3) is 0 Å². The topological polar surface area (TPSA) is 32.6 Å². The number of rotatable bonds is 1. The van der Waals surface area contributed by atoms with Crippen LogP contribution in [0, 0.1) is 0 Å². The largest absolute Gasteiger partial charge is 0.411 e. The zero-order chi connectivity index (χ0) is 13.6. The van der Waals surface area contributed by atoms with Gasteiger partial charge in [-0.3, -0.25) is 0 Å². The van der Waals surface area contributed by atoms with Crippen LogP contribution in [0.15, 0.2) is 23.4 Å². The Morgan fingerprint density at radius 2 is 1.61 bits per heavy atom. The van der Waals surface area contributed by atoms with Gasteiger partial charge in [-0.25, -0.2) is 0 Å². The molecule has 0 unspecified atom stereocenters. The first-order chi connectivity index (χ1) is 8.28. The number of oxime groups is 1. The first-order valence-electron chi connectivity index (χ1n) is 6.62. The predicted octanol–water partition coefficient (Wildman–Crippen LogP) is 4.23. The third-order valence-electron chi connectivity index (χ3n) is 4.42. The van der Waals surface area contributed by atoms with Crippen molar-refractivity contribution >= 4 is 5.71 Å². The van der Waals surface area contributed by atoms with Crippen molar-refractivity contribution in [1.82, 2.24) is 0 Å². The van der Waals surface area contributed by atoms with Crippen LogP contribution in [0.4, 0.5) is 0 Å². The molecule has 0 saturated carbocycles. The van der Waals surface area contributed by atoms with E-state index in [1.54, 1.807) is 0 Å². The van der Waals surface area contributed by atoms with Gasteiger partial charge in [-0.05, 0) is 53.4 Å². The molecule has 0 amide bonds. The molecule has 2 heteroatoms. The summed E-state index contributed by atoms with van der Waals surface area (Å²) in [7, 11) is 0. The zero-order valence-corrected chi connectivity index (χ0v) is 12.0. The number of hydrogen-bond acceptors (Lipinski definition) is 2. The van der Waals surface area contributed by atoms with Gasteiger partial charge in [0.2, 0.25) is 0 Å². The Kier molecular flexibility index (Phi) is 3.00. The van der Waals surface area contributed by atoms with Crippen LogP contribution in [0.25, 0.3) is 0 Å². The third-order valence-corrected chi connectivity index (χ3v) is 4.42. The average molecular weight is 245 g/mol. The van der Waals surface area contributed by atoms with Crippen LogP contribution in [0.1, 0.15) is 64.2 Å². The Bertz CT molecular complexity index is 498. The van der Waals surface area contributed by atoms with Crippen LogP contribution >= 0.6 is 0 Å². The normalized spacial score (nSPS) is 21.5. The second-order valence-electron chi connectivity index (χ2n) is 6.71. The van der Waals surface area contributed by atoms with Gasteiger partial charge in [0.05, 0.1) is 5.71 Å². The molecule has 1 aromatic carbocycles. The minimum Gasteiger partial charge on any atom is -0.411 e. The number of fused-ring (bicyclic) bond motifs is 1. The molecular formula is C16H23NO. The summed E-state index contributed by atoms with van der Waals surface area (Å²) in [6.07, 6.45) is 2.42. The lowest BCUT2D eigenvalue weighted by Gasteiger charge is -2.42. The summed E-state index contributed by atoms with van der Waals surface area (Å²) in [4.78, 5) is 0. The highest BCUT2D eigenvalue weighted by Crippen LogP contribution is 2.45. The van der Waals surface area contributed by atoms with Crippen molar-refractivity contribution in [1.29, 1.82) is 0 Å². The van der Waals surface area contributed by atoms with Gasteiger partial charge in [-0.15, -0.1) is 0 Å². The van der Waals surface area contributed by atoms with Gasteiger partial charge in [0, 0.05) is 0 Å². The van der Waals surface area contributed by atoms with Crippen LogP contribution in [-0.4, -0.2) is 10.9 Å². The average Bonchev–Trinajstić information content (AvgIpc) is 2.34. The SMILES string of the molecule is CC(=NO)c1ccc2c(c1)C(C)(C)CCC2(C)C. The first-order valence-corrected chi connectivity index (χ1v) is 6.62. The standard InChI is InChI=1S/C16H23NO/c1-11(17-18)12-6-7-13-14(10-12)16(4,5)9-8-15(13,2)3/h6-7,10,18H,8-9H2,1-5H3. The van der Waals surface area contributed by atoms with E-state index in [0.29, 0.717) is 5.71 Å². The van der Waals surface area contributed by atoms with E-state index in [1.807, 2.05) is 6.92 Å². The van der Waals surface area contributed by atoms with Crippen LogP contribution in [0.2, 0.25) is 0 Å². The molecule has 0 aromatic heterocycles. The molecule has 98 valence electrons. The molecule has 0 spiro atoms. The second kappa shape index (κ2) is 4.11. The summed E-state index contributed by atoms with van der Waals surface area (Å²) >= 11 is 0. The van der Waals surface area contributed by atoms with Crippen molar-refractivity contribution in [2.45, 2.75) is 58.3 Å². The van der Waals surface area contributed by atoms with Crippen molar-refractivity contribution in [2.75, 3.05) is 0 Å². The van der Waals surface area contributed by atoms with Crippen molar-refractivity contribution < 1.29 is 5.21 Å². The molecule has 0 bridgehead atoms. The number of hydrogen-bond donors (Lipinski definition) is 1. The lowest BCUT2D eigenvalue weighted by molar-refractivity contribution is 0.319. The maximum atomic E-state index is 8.91. The lowest BCUT2D eigenvalue weighted by Crippen LogP contribution is -2.34. The Labute approximate surface area is 110 Å². The highest BCUT2D eigenvalue weighted by Gasteiger charge is 2.36. The van der Waals surface area contributed by atoms with Crippen molar-refractivity contribution in [3.8, 4) is 0 Å². The Morgan fingerprint density at radius 3 is 2.17 bits per heavy atom. The lowest BCUT2D eigenvalue weighted by atomic mass is 9.63. The summed E-state index contributed by atoms with van der Waals surface area (Å²) in [5.41, 5.74) is 4.98. The molecule has 1 N–H and O–H groups in total. The predicted molar refractivity (Wildman–Crippen MR) is 75.7 cm³/mol. The molecule has 1 aromatic rings. The first kappa shape index (κ1) is 13.1. The summed E-state index contributed by atoms with van der Waals surface area (Å²) in [6, 6.07) is 6.47. The van der Waals surface area contributed by atoms with Crippen LogP contribution in [0.5, 0.6) is 0 Å². The van der Waals surface area contributed by atoms with Crippen LogP contribution < -0.4 is 0 Å². The van der Waals surface area contributed by atoms with Gasteiger partial charge in [-0.1, -0.05) is 45.0 Å². The van der Waals surface area contributed by atoms with Crippen LogP contribution in [0.3, 0.4) is 0 Å². The van der Waals surface area contributed by atoms with Gasteiger partial charge in [0.15, 0.2) is 0 Å². The Morgan fingerprint density at radius 1 is 1.06 bits per heavy atom. The molecule has 0 radical (unpaired) electrons. The number of nitrogens with zero attached hydrogens (tertiary/aromatic N) is 1. The highest BCUT2D eigenvalue weighted by molar-refractivity contribution is 5.98. The summed E-state index contributed by atoms with van der Waals surface area (Å²) in [5.74, 6) is 0. The summed E-state index contributed by atoms with van der Waals surface area (Å²) < 4.78 is 0. The maximum Gasteiger partial charge on any atom is 0.0837 e. The molecule has 0 atom stereocenters.